The number of anilines is 1. The van der Waals surface area contributed by atoms with Gasteiger partial charge < -0.3 is 15.5 Å². The van der Waals surface area contributed by atoms with Gasteiger partial charge in [-0.3, -0.25) is 4.79 Å². The maximum absolute atomic E-state index is 12.5. The van der Waals surface area contributed by atoms with Crippen molar-refractivity contribution in [2.75, 3.05) is 32.4 Å². The Balaban J connectivity index is 2.05. The lowest BCUT2D eigenvalue weighted by molar-refractivity contribution is 0.0648. The highest BCUT2D eigenvalue weighted by Gasteiger charge is 2.26. The molecule has 1 saturated heterocycles. The highest BCUT2D eigenvalue weighted by molar-refractivity contribution is 6.31. The Kier molecular flexibility index (Phi) is 4.89. The molecular formula is C15H22ClN3O. The molecule has 1 fully saturated rings. The van der Waals surface area contributed by atoms with Gasteiger partial charge in [0, 0.05) is 36.9 Å². The standard InChI is InChI=1S/C15H22ClN3O/c1-3-19-8-6-12(7-9-19)18(2)15(20)13-5-4-11(16)10-14(13)17/h4-5,10,12H,3,6-9,17H2,1-2H3. The van der Waals surface area contributed by atoms with Gasteiger partial charge in [-0.15, -0.1) is 0 Å². The van der Waals surface area contributed by atoms with Crippen LogP contribution in [0.1, 0.15) is 30.1 Å². The van der Waals surface area contributed by atoms with Crippen molar-refractivity contribution in [2.45, 2.75) is 25.8 Å². The van der Waals surface area contributed by atoms with Crippen molar-refractivity contribution < 1.29 is 4.79 Å². The summed E-state index contributed by atoms with van der Waals surface area (Å²) in [6.45, 7) is 5.35. The third-order valence-corrected chi connectivity index (χ3v) is 4.35. The Morgan fingerprint density at radius 1 is 1.45 bits per heavy atom. The number of nitrogens with zero attached hydrogens (tertiary/aromatic N) is 2. The monoisotopic (exact) mass is 295 g/mol. The molecule has 0 atom stereocenters. The Hall–Kier alpha value is -1.26. The van der Waals surface area contributed by atoms with E-state index in [1.807, 2.05) is 11.9 Å². The Morgan fingerprint density at radius 2 is 2.10 bits per heavy atom. The second-order valence-electron chi connectivity index (χ2n) is 5.31. The number of likely N-dealkylation sites (tertiary alicyclic amines) is 1. The van der Waals surface area contributed by atoms with E-state index in [1.54, 1.807) is 18.2 Å². The summed E-state index contributed by atoms with van der Waals surface area (Å²) in [6, 6.07) is 5.33. The van der Waals surface area contributed by atoms with Crippen LogP contribution in [0.25, 0.3) is 0 Å². The Morgan fingerprint density at radius 3 is 2.65 bits per heavy atom. The van der Waals surface area contributed by atoms with E-state index in [4.69, 9.17) is 17.3 Å². The summed E-state index contributed by atoms with van der Waals surface area (Å²) in [6.07, 6.45) is 2.03. The third kappa shape index (κ3) is 3.25. The van der Waals surface area contributed by atoms with Crippen LogP contribution in [-0.2, 0) is 0 Å². The van der Waals surface area contributed by atoms with E-state index in [0.29, 0.717) is 22.3 Å². The third-order valence-electron chi connectivity index (χ3n) is 4.12. The molecule has 1 aromatic rings. The Labute approximate surface area is 125 Å². The second-order valence-corrected chi connectivity index (χ2v) is 5.75. The van der Waals surface area contributed by atoms with E-state index < -0.39 is 0 Å². The number of hydrogen-bond donors (Lipinski definition) is 1. The van der Waals surface area contributed by atoms with Gasteiger partial charge >= 0.3 is 0 Å². The molecule has 2 N–H and O–H groups in total. The van der Waals surface area contributed by atoms with Crippen LogP contribution in [0.2, 0.25) is 5.02 Å². The summed E-state index contributed by atoms with van der Waals surface area (Å²) >= 11 is 5.87. The fourth-order valence-electron chi connectivity index (χ4n) is 2.71. The van der Waals surface area contributed by atoms with E-state index in [1.165, 1.54) is 0 Å². The molecule has 1 amide bonds. The van der Waals surface area contributed by atoms with Gasteiger partial charge in [-0.05, 0) is 37.6 Å². The lowest BCUT2D eigenvalue weighted by Gasteiger charge is -2.36. The first kappa shape index (κ1) is 15.1. The number of hydrogen-bond acceptors (Lipinski definition) is 3. The molecule has 110 valence electrons. The molecule has 0 spiro atoms. The quantitative estimate of drug-likeness (QED) is 0.872. The van der Waals surface area contributed by atoms with Gasteiger partial charge in [0.05, 0.1) is 5.56 Å². The minimum Gasteiger partial charge on any atom is -0.398 e. The number of carbonyl (C=O) groups excluding carboxylic acids is 1. The van der Waals surface area contributed by atoms with Gasteiger partial charge in [0.25, 0.3) is 5.91 Å². The van der Waals surface area contributed by atoms with Crippen LogP contribution in [-0.4, -0.2) is 48.4 Å². The molecule has 4 nitrogen and oxygen atoms in total. The number of piperidine rings is 1. The summed E-state index contributed by atoms with van der Waals surface area (Å²) in [5, 5.41) is 0.554. The number of carbonyl (C=O) groups is 1. The topological polar surface area (TPSA) is 49.6 Å². The van der Waals surface area contributed by atoms with Gasteiger partial charge in [-0.25, -0.2) is 0 Å². The second kappa shape index (κ2) is 6.46. The maximum atomic E-state index is 12.5. The van der Waals surface area contributed by atoms with Gasteiger partial charge in [-0.2, -0.15) is 0 Å². The van der Waals surface area contributed by atoms with Crippen LogP contribution in [0.3, 0.4) is 0 Å². The molecule has 20 heavy (non-hydrogen) atoms. The molecule has 0 bridgehead atoms. The lowest BCUT2D eigenvalue weighted by Crippen LogP contribution is -2.45. The first-order chi connectivity index (χ1) is 9.52. The largest absolute Gasteiger partial charge is 0.398 e. The van der Waals surface area contributed by atoms with Gasteiger partial charge in [-0.1, -0.05) is 18.5 Å². The molecular weight excluding hydrogens is 274 g/mol. The molecule has 0 unspecified atom stereocenters. The predicted molar refractivity (Wildman–Crippen MR) is 83.1 cm³/mol. The first-order valence-electron chi connectivity index (χ1n) is 7.07. The van der Waals surface area contributed by atoms with Gasteiger partial charge in [0.15, 0.2) is 0 Å². The molecule has 0 aromatic heterocycles. The van der Waals surface area contributed by atoms with Crippen molar-refractivity contribution in [3.05, 3.63) is 28.8 Å². The molecule has 1 heterocycles. The number of nitrogens with two attached hydrogens (primary N) is 1. The van der Waals surface area contributed by atoms with Crippen molar-refractivity contribution in [3.8, 4) is 0 Å². The fraction of sp³-hybridized carbons (Fsp3) is 0.533. The van der Waals surface area contributed by atoms with Gasteiger partial charge in [0.2, 0.25) is 0 Å². The van der Waals surface area contributed by atoms with Crippen molar-refractivity contribution >= 4 is 23.2 Å². The summed E-state index contributed by atoms with van der Waals surface area (Å²) in [7, 11) is 1.86. The van der Waals surface area contributed by atoms with Gasteiger partial charge in [0.1, 0.15) is 0 Å². The smallest absolute Gasteiger partial charge is 0.255 e. The zero-order valence-corrected chi connectivity index (χ0v) is 12.9. The summed E-state index contributed by atoms with van der Waals surface area (Å²) in [4.78, 5) is 16.8. The average Bonchev–Trinajstić information content (AvgIpc) is 2.46. The first-order valence-corrected chi connectivity index (χ1v) is 7.45. The maximum Gasteiger partial charge on any atom is 0.255 e. The zero-order valence-electron chi connectivity index (χ0n) is 12.1. The van der Waals surface area contributed by atoms with Crippen molar-refractivity contribution in [2.24, 2.45) is 0 Å². The Bertz CT molecular complexity index is 484. The number of amides is 1. The predicted octanol–water partition coefficient (Wildman–Crippen LogP) is 2.48. The van der Waals surface area contributed by atoms with Crippen LogP contribution in [0.4, 0.5) is 5.69 Å². The SMILES string of the molecule is CCN1CCC(N(C)C(=O)c2ccc(Cl)cc2N)CC1. The van der Waals surface area contributed by atoms with Crippen LogP contribution in [0.5, 0.6) is 0 Å². The fourth-order valence-corrected chi connectivity index (χ4v) is 2.89. The highest BCUT2D eigenvalue weighted by atomic mass is 35.5. The molecule has 0 aliphatic carbocycles. The minimum absolute atomic E-state index is 0.0193. The number of rotatable bonds is 3. The van der Waals surface area contributed by atoms with Crippen LogP contribution < -0.4 is 5.73 Å². The van der Waals surface area contributed by atoms with E-state index in [2.05, 4.69) is 11.8 Å². The van der Waals surface area contributed by atoms with Crippen molar-refractivity contribution in [1.29, 1.82) is 0 Å². The van der Waals surface area contributed by atoms with Crippen LogP contribution in [0, 0.1) is 0 Å². The molecule has 0 radical (unpaired) electrons. The van der Waals surface area contributed by atoms with Crippen LogP contribution >= 0.6 is 11.6 Å². The van der Waals surface area contributed by atoms with E-state index >= 15 is 0 Å². The molecule has 1 aliphatic heterocycles. The van der Waals surface area contributed by atoms with Crippen molar-refractivity contribution in [1.82, 2.24) is 9.80 Å². The lowest BCUT2D eigenvalue weighted by atomic mass is 10.0. The normalized spacial score (nSPS) is 17.1. The molecule has 5 heteroatoms. The number of halogens is 1. The number of benzene rings is 1. The summed E-state index contributed by atoms with van der Waals surface area (Å²) in [5.41, 5.74) is 6.87. The summed E-state index contributed by atoms with van der Waals surface area (Å²) < 4.78 is 0. The van der Waals surface area contributed by atoms with Crippen molar-refractivity contribution in [3.63, 3.8) is 0 Å². The molecule has 1 aromatic carbocycles. The highest BCUT2D eigenvalue weighted by Crippen LogP contribution is 2.22. The molecule has 0 saturated carbocycles. The number of nitrogen functional groups attached to an aromatic ring is 1. The van der Waals surface area contributed by atoms with E-state index in [9.17, 15) is 4.79 Å². The zero-order chi connectivity index (χ0) is 14.7. The average molecular weight is 296 g/mol. The summed E-state index contributed by atoms with van der Waals surface area (Å²) in [5.74, 6) is -0.0193. The van der Waals surface area contributed by atoms with E-state index in [-0.39, 0.29) is 5.91 Å². The molecule has 1 aliphatic rings. The van der Waals surface area contributed by atoms with Crippen LogP contribution in [0.15, 0.2) is 18.2 Å². The minimum atomic E-state index is -0.0193. The van der Waals surface area contributed by atoms with E-state index in [0.717, 1.165) is 32.5 Å². The molecule has 2 rings (SSSR count).